The number of hydrogen-bond donors (Lipinski definition) is 6. The van der Waals surface area contributed by atoms with Crippen molar-refractivity contribution in [1.82, 2.24) is 10.6 Å². The van der Waals surface area contributed by atoms with Gasteiger partial charge in [0, 0.05) is 70.9 Å². The van der Waals surface area contributed by atoms with Crippen LogP contribution in [0.4, 0.5) is 5.69 Å². The van der Waals surface area contributed by atoms with Gasteiger partial charge in [0.25, 0.3) is 0 Å². The van der Waals surface area contributed by atoms with E-state index in [1.165, 1.54) is 14.2 Å². The number of methoxy groups -OCH3 is 2. The molecule has 8 rings (SSSR count). The van der Waals surface area contributed by atoms with Gasteiger partial charge >= 0.3 is 0 Å². The number of rotatable bonds is 9. The van der Waals surface area contributed by atoms with Gasteiger partial charge in [-0.1, -0.05) is 18.6 Å². The molecule has 0 saturated heterocycles. The number of ether oxygens (including phenoxy) is 5. The molecule has 6 atom stereocenters. The van der Waals surface area contributed by atoms with E-state index in [1.54, 1.807) is 12.1 Å². The van der Waals surface area contributed by atoms with Crippen LogP contribution in [0.5, 0.6) is 34.5 Å². The maximum Gasteiger partial charge on any atom is 0.200 e. The van der Waals surface area contributed by atoms with E-state index < -0.39 is 24.0 Å². The van der Waals surface area contributed by atoms with Crippen LogP contribution in [0.25, 0.3) is 11.1 Å². The molecule has 6 N–H and O–H groups in total. The number of fused-ring (bicyclic) bond motifs is 3. The zero-order valence-electron chi connectivity index (χ0n) is 29.1. The maximum atomic E-state index is 12.2. The molecule has 266 valence electrons. The highest BCUT2D eigenvalue weighted by molar-refractivity contribution is 5.93. The molecule has 11 heteroatoms. The minimum absolute atomic E-state index is 0.0953. The minimum atomic E-state index is -1.03. The fraction of sp³-hybridized carbons (Fsp3) is 0.487. The molecular weight excluding hydrogens is 638 g/mol. The quantitative estimate of drug-likeness (QED) is 0.131. The van der Waals surface area contributed by atoms with Crippen molar-refractivity contribution in [2.75, 3.05) is 46.3 Å². The van der Waals surface area contributed by atoms with Crippen LogP contribution < -0.4 is 39.6 Å². The third-order valence-electron chi connectivity index (χ3n) is 11.2. The molecule has 3 aromatic carbocycles. The SMILES string of the molecule is CNCCOc1cc(OC23CCCCC2C=CC(C)N3)c2c3c1CCc1c-3c(cc3c1C(O)C(c1cc(OC)c(O)c(OC)c1)CO3)NC2O. The molecule has 1 fully saturated rings. The summed E-state index contributed by atoms with van der Waals surface area (Å²) in [5, 5.41) is 44.9. The molecule has 0 radical (unpaired) electrons. The lowest BCUT2D eigenvalue weighted by Crippen LogP contribution is -2.61. The molecule has 2 aliphatic carbocycles. The Morgan fingerprint density at radius 3 is 2.48 bits per heavy atom. The van der Waals surface area contributed by atoms with Crippen molar-refractivity contribution in [3.8, 4) is 45.6 Å². The zero-order valence-corrected chi connectivity index (χ0v) is 29.1. The van der Waals surface area contributed by atoms with Crippen molar-refractivity contribution in [2.24, 2.45) is 5.92 Å². The molecule has 0 spiro atoms. The number of anilines is 1. The van der Waals surface area contributed by atoms with Gasteiger partial charge in [-0.25, -0.2) is 0 Å². The molecular formula is C39H47N3O8. The van der Waals surface area contributed by atoms with E-state index >= 15 is 0 Å². The molecule has 3 aliphatic heterocycles. The Balaban J connectivity index is 1.27. The van der Waals surface area contributed by atoms with Crippen LogP contribution >= 0.6 is 0 Å². The monoisotopic (exact) mass is 685 g/mol. The van der Waals surface area contributed by atoms with Crippen LogP contribution in [0.3, 0.4) is 0 Å². The van der Waals surface area contributed by atoms with Crippen LogP contribution in [-0.4, -0.2) is 68.1 Å². The summed E-state index contributed by atoms with van der Waals surface area (Å²) >= 11 is 0. The van der Waals surface area contributed by atoms with Crippen molar-refractivity contribution in [1.29, 1.82) is 0 Å². The summed E-state index contributed by atoms with van der Waals surface area (Å²) in [4.78, 5) is 0. The number of phenols is 1. The molecule has 0 aromatic heterocycles. The highest BCUT2D eigenvalue weighted by atomic mass is 16.5. The summed E-state index contributed by atoms with van der Waals surface area (Å²) in [5.74, 6) is 2.11. The normalized spacial score (nSPS) is 27.2. The number of aliphatic hydroxyl groups is 2. The van der Waals surface area contributed by atoms with Gasteiger partial charge in [-0.2, -0.15) is 0 Å². The van der Waals surface area contributed by atoms with Crippen LogP contribution in [-0.2, 0) is 12.8 Å². The van der Waals surface area contributed by atoms with Gasteiger partial charge in [-0.3, -0.25) is 5.32 Å². The van der Waals surface area contributed by atoms with Gasteiger partial charge in [0.15, 0.2) is 23.5 Å². The average Bonchev–Trinajstić information content (AvgIpc) is 3.11. The van der Waals surface area contributed by atoms with E-state index in [2.05, 4.69) is 35.0 Å². The first-order valence-electron chi connectivity index (χ1n) is 17.8. The summed E-state index contributed by atoms with van der Waals surface area (Å²) in [7, 11) is 4.87. The molecule has 5 aliphatic rings. The summed E-state index contributed by atoms with van der Waals surface area (Å²) in [6, 6.07) is 7.47. The second-order valence-corrected chi connectivity index (χ2v) is 14.1. The van der Waals surface area contributed by atoms with Crippen molar-refractivity contribution in [3.05, 3.63) is 64.2 Å². The predicted octanol–water partition coefficient (Wildman–Crippen LogP) is 5.21. The smallest absolute Gasteiger partial charge is 0.200 e. The van der Waals surface area contributed by atoms with Gasteiger partial charge in [0.2, 0.25) is 5.75 Å². The highest BCUT2D eigenvalue weighted by Crippen LogP contribution is 2.58. The Morgan fingerprint density at radius 2 is 1.72 bits per heavy atom. The maximum absolute atomic E-state index is 12.2. The van der Waals surface area contributed by atoms with Crippen molar-refractivity contribution in [2.45, 2.75) is 75.5 Å². The minimum Gasteiger partial charge on any atom is -0.502 e. The molecule has 6 unspecified atom stereocenters. The molecule has 0 bridgehead atoms. The van der Waals surface area contributed by atoms with Gasteiger partial charge in [-0.05, 0) is 62.9 Å². The molecule has 50 heavy (non-hydrogen) atoms. The number of nitrogens with one attached hydrogen (secondary N) is 3. The molecule has 0 amide bonds. The summed E-state index contributed by atoms with van der Waals surface area (Å²) in [5.41, 5.74) is 6.12. The standard InChI is InChI=1S/C39H47N3O8/c1-20-8-9-22-7-5-6-12-39(22,42-20)50-29-18-27(48-14-13-40-2)23-10-11-24-32-26(41-38(45)35(29)34(23)32)17-28-33(24)36(43)25(19-49-28)21-15-30(46-3)37(44)31(16-21)47-4/h8-9,15-18,20,22,25,36,38,40-45H,5-7,10-14,19H2,1-4H3. The summed E-state index contributed by atoms with van der Waals surface area (Å²) in [6.45, 7) is 3.51. The first-order chi connectivity index (χ1) is 24.3. The van der Waals surface area contributed by atoms with E-state index in [4.69, 9.17) is 23.7 Å². The first-order valence-corrected chi connectivity index (χ1v) is 17.8. The third-order valence-corrected chi connectivity index (χ3v) is 11.2. The number of likely N-dealkylation sites (N-methyl/N-ethyl adjacent to an activating group) is 1. The molecule has 3 aromatic rings. The molecule has 3 heterocycles. The Labute approximate surface area is 292 Å². The summed E-state index contributed by atoms with van der Waals surface area (Å²) < 4.78 is 30.9. The van der Waals surface area contributed by atoms with E-state index in [9.17, 15) is 15.3 Å². The number of aromatic hydroxyl groups is 1. The van der Waals surface area contributed by atoms with E-state index in [0.717, 1.165) is 70.5 Å². The van der Waals surface area contributed by atoms with Crippen LogP contribution in [0.15, 0.2) is 36.4 Å². The number of phenolic OH excluding ortho intramolecular Hbond substituents is 1. The van der Waals surface area contributed by atoms with E-state index in [0.29, 0.717) is 43.1 Å². The Hall–Kier alpha value is -4.16. The van der Waals surface area contributed by atoms with Crippen molar-refractivity contribution in [3.63, 3.8) is 0 Å². The summed E-state index contributed by atoms with van der Waals surface area (Å²) in [6.07, 6.45) is 7.93. The topological polar surface area (TPSA) is 143 Å². The fourth-order valence-electron chi connectivity index (χ4n) is 8.84. The highest BCUT2D eigenvalue weighted by Gasteiger charge is 2.47. The lowest BCUT2D eigenvalue weighted by atomic mass is 9.74. The van der Waals surface area contributed by atoms with Crippen LogP contribution in [0.2, 0.25) is 0 Å². The van der Waals surface area contributed by atoms with Crippen molar-refractivity contribution >= 4 is 5.69 Å². The first kappa shape index (κ1) is 33.0. The van der Waals surface area contributed by atoms with Crippen LogP contribution in [0.1, 0.15) is 78.7 Å². The third kappa shape index (κ3) is 5.25. The van der Waals surface area contributed by atoms with Gasteiger partial charge in [0.1, 0.15) is 23.9 Å². The number of benzene rings is 3. The van der Waals surface area contributed by atoms with Gasteiger partial charge < -0.3 is 49.6 Å². The Kier molecular flexibility index (Phi) is 8.49. The fourth-order valence-corrected chi connectivity index (χ4v) is 8.84. The predicted molar refractivity (Wildman–Crippen MR) is 189 cm³/mol. The Bertz CT molecular complexity index is 1820. The second kappa shape index (κ2) is 12.9. The van der Waals surface area contributed by atoms with Gasteiger partial charge in [0.05, 0.1) is 32.5 Å². The van der Waals surface area contributed by atoms with Gasteiger partial charge in [-0.15, -0.1) is 0 Å². The van der Waals surface area contributed by atoms with E-state index in [-0.39, 0.29) is 35.8 Å². The molecule has 11 nitrogen and oxygen atoms in total. The number of hydrogen-bond acceptors (Lipinski definition) is 11. The number of aliphatic hydroxyl groups excluding tert-OH is 2. The lowest BCUT2D eigenvalue weighted by Gasteiger charge is -2.48. The largest absolute Gasteiger partial charge is 0.502 e. The zero-order chi connectivity index (χ0) is 34.7. The van der Waals surface area contributed by atoms with E-state index in [1.807, 2.05) is 19.2 Å². The molecule has 1 saturated carbocycles. The lowest BCUT2D eigenvalue weighted by molar-refractivity contribution is -0.0468. The second-order valence-electron chi connectivity index (χ2n) is 14.1. The Morgan fingerprint density at radius 1 is 0.940 bits per heavy atom. The van der Waals surface area contributed by atoms with Crippen LogP contribution in [0, 0.1) is 5.92 Å². The van der Waals surface area contributed by atoms with Crippen molar-refractivity contribution < 1.29 is 39.0 Å². The average molecular weight is 686 g/mol.